The average molecular weight is 955 g/mol. The maximum absolute atomic E-state index is 15.4. The number of carbonyl (C=O) groups is 1. The molecule has 1 heterocycles. The number of benzene rings is 5. The minimum atomic E-state index is -7.22. The van der Waals surface area contributed by atoms with Gasteiger partial charge in [-0.05, 0) is 12.1 Å². The lowest BCUT2D eigenvalue weighted by molar-refractivity contribution is -0.683. The zero-order chi connectivity index (χ0) is 48.2. The molecule has 0 aliphatic rings. The largest absolute Gasteiger partial charge is 0.287 e. The van der Waals surface area contributed by atoms with Gasteiger partial charge in [0.25, 0.3) is 0 Å². The van der Waals surface area contributed by atoms with Gasteiger partial charge in [-0.2, -0.15) is 4.57 Å². The van der Waals surface area contributed by atoms with Gasteiger partial charge in [0.15, 0.2) is 92.0 Å². The van der Waals surface area contributed by atoms with E-state index >= 15 is 35.1 Å². The van der Waals surface area contributed by atoms with Crippen LogP contribution in [0, 0.1) is 116 Å². The number of hydrogen-bond acceptors (Lipinski definition) is 3. The van der Waals surface area contributed by atoms with Crippen molar-refractivity contribution < 1.29 is 106 Å². The van der Waals surface area contributed by atoms with Crippen LogP contribution in [0.1, 0.15) is 10.4 Å². The Morgan fingerprint density at radius 3 is 0.922 bits per heavy atom. The third kappa shape index (κ3) is 7.69. The van der Waals surface area contributed by atoms with Crippen LogP contribution in [0.2, 0.25) is 0 Å². The van der Waals surface area contributed by atoms with E-state index in [1.165, 1.54) is 6.07 Å². The molecule has 0 aliphatic heterocycles. The molecular weight excluding hydrogens is 941 g/mol. The number of Topliss-reactive ketones (excluding diaryl/α,β-unsaturated/α-hetero) is 1. The van der Waals surface area contributed by atoms with Gasteiger partial charge < -0.3 is 0 Å². The zero-order valence-electron chi connectivity index (χ0n) is 30.6. The van der Waals surface area contributed by atoms with E-state index < -0.39 is 154 Å². The molecule has 0 amide bonds. The molecule has 26 heteroatoms. The second kappa shape index (κ2) is 17.6. The van der Waals surface area contributed by atoms with Crippen LogP contribution in [-0.4, -0.2) is 26.6 Å². The highest BCUT2D eigenvalue weighted by atomic mass is 32.2. The zero-order valence-corrected chi connectivity index (χ0v) is 31.4. The summed E-state index contributed by atoms with van der Waals surface area (Å²) >= 11 is 0. The second-order valence-corrected chi connectivity index (χ2v) is 15.0. The Balaban J connectivity index is 0.000000337. The number of rotatable bonds is 8. The quantitative estimate of drug-likeness (QED) is 0.0409. The lowest BCUT2D eigenvalue weighted by Gasteiger charge is -2.44. The van der Waals surface area contributed by atoms with E-state index in [0.29, 0.717) is 0 Å². The topological polar surface area (TPSA) is 55.1 Å². The van der Waals surface area contributed by atoms with E-state index in [-0.39, 0.29) is 22.8 Å². The SMILES string of the molecule is CS(=O)(=O)c1ccccc1C(=O)C[n+]1ccccc1.Fc1c(F)c(F)c([B-](c2c(F)c(F)c(F)c(F)c2F)(c2c(F)c(F)c(F)c(F)c2F)c2c(F)c(F)c(F)c(F)c2F)c(F)c1F. The van der Waals surface area contributed by atoms with Crippen LogP contribution in [0.4, 0.5) is 87.8 Å². The van der Waals surface area contributed by atoms with Gasteiger partial charge in [0, 0.05) is 24.0 Å². The first-order valence-corrected chi connectivity index (χ1v) is 18.6. The fraction of sp³-hybridized carbons (Fsp3) is 0.0526. The molecule has 0 fully saturated rings. The first kappa shape index (κ1) is 48.6. The van der Waals surface area contributed by atoms with Gasteiger partial charge in [-0.15, -0.1) is 21.9 Å². The van der Waals surface area contributed by atoms with Crippen LogP contribution in [0.15, 0.2) is 59.8 Å². The molecular formula is C38H14BF20NO3S. The molecule has 0 radical (unpaired) electrons. The number of ketones is 1. The van der Waals surface area contributed by atoms with Crippen molar-refractivity contribution in [2.24, 2.45) is 0 Å². The van der Waals surface area contributed by atoms with E-state index in [2.05, 4.69) is 0 Å². The molecule has 64 heavy (non-hydrogen) atoms. The van der Waals surface area contributed by atoms with Crippen LogP contribution in [-0.2, 0) is 16.4 Å². The monoisotopic (exact) mass is 955 g/mol. The van der Waals surface area contributed by atoms with E-state index in [1.807, 2.05) is 18.2 Å². The molecule has 4 nitrogen and oxygen atoms in total. The third-order valence-corrected chi connectivity index (χ3v) is 10.6. The van der Waals surface area contributed by atoms with Crippen molar-refractivity contribution >= 4 is 43.6 Å². The molecule has 6 rings (SSSR count). The van der Waals surface area contributed by atoms with Crippen molar-refractivity contribution in [2.45, 2.75) is 11.4 Å². The standard InChI is InChI=1S/C24BF20.C14H14NO3S/c26-5-1(6(27)14(35)21(42)13(5)34)25(2-7(28)15(36)22(43)16(37)8(2)29,3-9(30)17(38)23(44)18(39)10(3)31)4-11(32)19(40)24(45)20(41)12(4)33;1-19(17,18)14-8-4-3-7-12(14)13(16)11-15-9-5-2-6-10-15/h;2-10H,11H2,1H3/q-1;+1. The fourth-order valence-electron chi connectivity index (χ4n) is 6.69. The predicted octanol–water partition coefficient (Wildman–Crippen LogP) is 7.11. The number of carbonyl (C=O) groups excluding carboxylic acids is 1. The van der Waals surface area contributed by atoms with Crippen molar-refractivity contribution in [1.82, 2.24) is 0 Å². The average Bonchev–Trinajstić information content (AvgIpc) is 3.26. The number of nitrogens with zero attached hydrogens (tertiary/aromatic N) is 1. The van der Waals surface area contributed by atoms with Gasteiger partial charge in [-0.3, -0.25) is 4.79 Å². The predicted molar refractivity (Wildman–Crippen MR) is 180 cm³/mol. The number of hydrogen-bond donors (Lipinski definition) is 0. The maximum Gasteiger partial charge on any atom is 0.228 e. The van der Waals surface area contributed by atoms with E-state index in [0.717, 1.165) is 6.26 Å². The highest BCUT2D eigenvalue weighted by Gasteiger charge is 2.52. The summed E-state index contributed by atoms with van der Waals surface area (Å²) in [6, 6.07) is 11.8. The summed E-state index contributed by atoms with van der Waals surface area (Å²) in [4.78, 5) is 12.3. The molecule has 0 bridgehead atoms. The Hall–Kier alpha value is -6.47. The summed E-state index contributed by atoms with van der Waals surface area (Å²) < 4.78 is 319. The summed E-state index contributed by atoms with van der Waals surface area (Å²) in [5, 5.41) is 0. The number of pyridine rings is 1. The van der Waals surface area contributed by atoms with Gasteiger partial charge in [0.1, 0.15) is 52.7 Å². The van der Waals surface area contributed by atoms with Gasteiger partial charge in [0.2, 0.25) is 12.3 Å². The molecule has 0 spiro atoms. The van der Waals surface area contributed by atoms with Gasteiger partial charge >= 0.3 is 0 Å². The molecule has 338 valence electrons. The summed E-state index contributed by atoms with van der Waals surface area (Å²) in [5.74, 6) is -71.6. The van der Waals surface area contributed by atoms with Crippen LogP contribution in [0.3, 0.4) is 0 Å². The summed E-state index contributed by atoms with van der Waals surface area (Å²) in [5.41, 5.74) is -14.1. The summed E-state index contributed by atoms with van der Waals surface area (Å²) in [7, 11) is -3.40. The van der Waals surface area contributed by atoms with Crippen molar-refractivity contribution in [1.29, 1.82) is 0 Å². The van der Waals surface area contributed by atoms with Crippen molar-refractivity contribution in [3.8, 4) is 0 Å². The second-order valence-electron chi connectivity index (χ2n) is 13.0. The molecule has 0 aliphatic carbocycles. The molecule has 6 aromatic rings. The molecule has 0 N–H and O–H groups in total. The number of halogens is 20. The Labute approximate surface area is 343 Å². The molecule has 0 saturated heterocycles. The van der Waals surface area contributed by atoms with Crippen molar-refractivity contribution in [2.75, 3.05) is 6.26 Å². The molecule has 0 atom stereocenters. The molecule has 5 aromatic carbocycles. The van der Waals surface area contributed by atoms with E-state index in [1.54, 1.807) is 35.2 Å². The smallest absolute Gasteiger partial charge is 0.228 e. The van der Waals surface area contributed by atoms with Crippen LogP contribution in [0.25, 0.3) is 0 Å². The van der Waals surface area contributed by atoms with Crippen molar-refractivity contribution in [3.63, 3.8) is 0 Å². The normalized spacial score (nSPS) is 11.8. The van der Waals surface area contributed by atoms with E-state index in [9.17, 15) is 65.9 Å². The highest BCUT2D eigenvalue weighted by molar-refractivity contribution is 7.90. The van der Waals surface area contributed by atoms with Crippen LogP contribution in [0.5, 0.6) is 0 Å². The first-order valence-electron chi connectivity index (χ1n) is 16.7. The highest BCUT2D eigenvalue weighted by Crippen LogP contribution is 2.31. The third-order valence-electron chi connectivity index (χ3n) is 9.40. The van der Waals surface area contributed by atoms with Gasteiger partial charge in [-0.1, -0.05) is 18.2 Å². The lowest BCUT2D eigenvalue weighted by Crippen LogP contribution is -2.81. The van der Waals surface area contributed by atoms with Crippen LogP contribution < -0.4 is 26.4 Å². The number of aromatic nitrogens is 1. The van der Waals surface area contributed by atoms with Gasteiger partial charge in [0.05, 0.1) is 4.90 Å². The molecule has 1 aromatic heterocycles. The van der Waals surface area contributed by atoms with E-state index in [4.69, 9.17) is 0 Å². The Morgan fingerprint density at radius 1 is 0.406 bits per heavy atom. The number of sulfone groups is 1. The molecule has 0 saturated carbocycles. The lowest BCUT2D eigenvalue weighted by atomic mass is 9.12. The first-order chi connectivity index (χ1) is 29.7. The minimum absolute atomic E-state index is 0.0801. The Bertz CT molecular complexity index is 2640. The molecule has 0 unspecified atom stereocenters. The summed E-state index contributed by atoms with van der Waals surface area (Å²) in [6.45, 7) is 0.118. The maximum atomic E-state index is 15.4. The summed E-state index contributed by atoms with van der Waals surface area (Å²) in [6.07, 6.45) is -2.58. The Kier molecular flexibility index (Phi) is 13.4. The Morgan fingerprint density at radius 2 is 0.656 bits per heavy atom. The van der Waals surface area contributed by atoms with Gasteiger partial charge in [-0.25, -0.2) is 96.2 Å². The van der Waals surface area contributed by atoms with Crippen LogP contribution >= 0.6 is 0 Å². The minimum Gasteiger partial charge on any atom is -0.287 e. The fourth-order valence-corrected chi connectivity index (χ4v) is 7.59. The van der Waals surface area contributed by atoms with Crippen molar-refractivity contribution in [3.05, 3.63) is 177 Å².